The van der Waals surface area contributed by atoms with Crippen LogP contribution in [0.4, 0.5) is 0 Å². The van der Waals surface area contributed by atoms with Crippen molar-refractivity contribution < 1.29 is 9.53 Å². The Hall–Kier alpha value is -1.51. The van der Waals surface area contributed by atoms with Gasteiger partial charge in [0.25, 0.3) is 5.91 Å². The quantitative estimate of drug-likeness (QED) is 0.779. The standard InChI is InChI=1S/C13H19NO2/c1-5-14(4)13(15)9-16-12-8-10(2)6-7-11(12)3/h6-8H,5,9H2,1-4H3. The third kappa shape index (κ3) is 3.26. The highest BCUT2D eigenvalue weighted by molar-refractivity contribution is 5.77. The highest BCUT2D eigenvalue weighted by Crippen LogP contribution is 2.18. The van der Waals surface area contributed by atoms with Gasteiger partial charge in [-0.05, 0) is 38.0 Å². The van der Waals surface area contributed by atoms with E-state index >= 15 is 0 Å². The van der Waals surface area contributed by atoms with Gasteiger partial charge in [-0.3, -0.25) is 4.79 Å². The molecule has 0 heterocycles. The molecule has 0 aliphatic carbocycles. The van der Waals surface area contributed by atoms with Gasteiger partial charge in [0.05, 0.1) is 0 Å². The topological polar surface area (TPSA) is 29.5 Å². The van der Waals surface area contributed by atoms with E-state index in [1.807, 2.05) is 39.0 Å². The summed E-state index contributed by atoms with van der Waals surface area (Å²) in [7, 11) is 1.77. The van der Waals surface area contributed by atoms with Gasteiger partial charge in [0.2, 0.25) is 0 Å². The molecule has 3 nitrogen and oxygen atoms in total. The molecule has 1 amide bonds. The molecular weight excluding hydrogens is 202 g/mol. The second kappa shape index (κ2) is 5.54. The SMILES string of the molecule is CCN(C)C(=O)COc1cc(C)ccc1C. The fourth-order valence-electron chi connectivity index (χ4n) is 1.29. The van der Waals surface area contributed by atoms with Crippen LogP contribution in [0.15, 0.2) is 18.2 Å². The normalized spacial score (nSPS) is 10.0. The Labute approximate surface area is 97.0 Å². The van der Waals surface area contributed by atoms with Crippen LogP contribution in [0, 0.1) is 13.8 Å². The third-order valence-corrected chi connectivity index (χ3v) is 2.59. The molecule has 1 aromatic carbocycles. The van der Waals surface area contributed by atoms with E-state index in [1.165, 1.54) is 0 Å². The Morgan fingerprint density at radius 3 is 2.69 bits per heavy atom. The smallest absolute Gasteiger partial charge is 0.260 e. The number of amides is 1. The first-order valence-electron chi connectivity index (χ1n) is 5.48. The van der Waals surface area contributed by atoms with Gasteiger partial charge >= 0.3 is 0 Å². The zero-order valence-corrected chi connectivity index (χ0v) is 10.4. The molecule has 0 N–H and O–H groups in total. The zero-order valence-electron chi connectivity index (χ0n) is 10.4. The summed E-state index contributed by atoms with van der Waals surface area (Å²) in [5, 5.41) is 0. The van der Waals surface area contributed by atoms with Gasteiger partial charge in [-0.15, -0.1) is 0 Å². The van der Waals surface area contributed by atoms with Gasteiger partial charge in [0, 0.05) is 13.6 Å². The van der Waals surface area contributed by atoms with Crippen LogP contribution < -0.4 is 4.74 Å². The van der Waals surface area contributed by atoms with E-state index in [0.717, 1.165) is 16.9 Å². The number of benzene rings is 1. The molecule has 1 aromatic rings. The summed E-state index contributed by atoms with van der Waals surface area (Å²) in [6, 6.07) is 5.98. The van der Waals surface area contributed by atoms with Gasteiger partial charge in [-0.2, -0.15) is 0 Å². The summed E-state index contributed by atoms with van der Waals surface area (Å²) in [4.78, 5) is 13.2. The predicted molar refractivity (Wildman–Crippen MR) is 64.7 cm³/mol. The van der Waals surface area contributed by atoms with Crippen molar-refractivity contribution in [2.24, 2.45) is 0 Å². The highest BCUT2D eigenvalue weighted by atomic mass is 16.5. The number of carbonyl (C=O) groups excluding carboxylic acids is 1. The van der Waals surface area contributed by atoms with Crippen molar-refractivity contribution in [3.8, 4) is 5.75 Å². The van der Waals surface area contributed by atoms with Crippen molar-refractivity contribution in [2.75, 3.05) is 20.2 Å². The van der Waals surface area contributed by atoms with Gasteiger partial charge < -0.3 is 9.64 Å². The fraction of sp³-hybridized carbons (Fsp3) is 0.462. The molecule has 0 fully saturated rings. The number of rotatable bonds is 4. The van der Waals surface area contributed by atoms with Crippen molar-refractivity contribution in [2.45, 2.75) is 20.8 Å². The number of hydrogen-bond acceptors (Lipinski definition) is 2. The Morgan fingerprint density at radius 1 is 1.38 bits per heavy atom. The summed E-state index contributed by atoms with van der Waals surface area (Å²) in [6.45, 7) is 6.73. The Bertz CT molecular complexity index is 374. The first kappa shape index (κ1) is 12.6. The molecule has 0 bridgehead atoms. The molecule has 0 saturated carbocycles. The average Bonchev–Trinajstić information content (AvgIpc) is 2.28. The summed E-state index contributed by atoms with van der Waals surface area (Å²) in [5.74, 6) is 0.793. The lowest BCUT2D eigenvalue weighted by molar-refractivity contribution is -0.131. The fourth-order valence-corrected chi connectivity index (χ4v) is 1.29. The molecule has 3 heteroatoms. The minimum absolute atomic E-state index is 0.00315. The molecule has 0 unspecified atom stereocenters. The first-order chi connectivity index (χ1) is 7.54. The molecule has 0 spiro atoms. The van der Waals surface area contributed by atoms with Gasteiger partial charge in [-0.25, -0.2) is 0 Å². The molecule has 0 aromatic heterocycles. The van der Waals surface area contributed by atoms with Crippen LogP contribution in [0.5, 0.6) is 5.75 Å². The van der Waals surface area contributed by atoms with Crippen molar-refractivity contribution in [1.29, 1.82) is 0 Å². The zero-order chi connectivity index (χ0) is 12.1. The number of nitrogens with zero attached hydrogens (tertiary/aromatic N) is 1. The van der Waals surface area contributed by atoms with Crippen LogP contribution in [0.2, 0.25) is 0 Å². The summed E-state index contributed by atoms with van der Waals surface area (Å²) >= 11 is 0. The molecule has 0 atom stereocenters. The highest BCUT2D eigenvalue weighted by Gasteiger charge is 2.08. The van der Waals surface area contributed by atoms with Crippen LogP contribution in [0.1, 0.15) is 18.1 Å². The van der Waals surface area contributed by atoms with Crippen molar-refractivity contribution >= 4 is 5.91 Å². The Morgan fingerprint density at radius 2 is 2.06 bits per heavy atom. The number of likely N-dealkylation sites (N-methyl/N-ethyl adjacent to an activating group) is 1. The molecule has 0 aliphatic heterocycles. The summed E-state index contributed by atoms with van der Waals surface area (Å²) < 4.78 is 5.51. The van der Waals surface area contributed by atoms with Crippen LogP contribution in [-0.2, 0) is 4.79 Å². The molecule has 88 valence electrons. The van der Waals surface area contributed by atoms with Gasteiger partial charge in [0.1, 0.15) is 5.75 Å². The number of aryl methyl sites for hydroxylation is 2. The third-order valence-electron chi connectivity index (χ3n) is 2.59. The van der Waals surface area contributed by atoms with E-state index in [9.17, 15) is 4.79 Å². The van der Waals surface area contributed by atoms with E-state index in [2.05, 4.69) is 0 Å². The van der Waals surface area contributed by atoms with E-state index in [1.54, 1.807) is 11.9 Å². The average molecular weight is 221 g/mol. The number of hydrogen-bond donors (Lipinski definition) is 0. The van der Waals surface area contributed by atoms with E-state index < -0.39 is 0 Å². The van der Waals surface area contributed by atoms with Gasteiger partial charge in [-0.1, -0.05) is 12.1 Å². The second-order valence-electron chi connectivity index (χ2n) is 3.97. The number of ether oxygens (including phenoxy) is 1. The first-order valence-corrected chi connectivity index (χ1v) is 5.48. The molecule has 16 heavy (non-hydrogen) atoms. The monoisotopic (exact) mass is 221 g/mol. The molecule has 0 saturated heterocycles. The van der Waals surface area contributed by atoms with E-state index in [4.69, 9.17) is 4.74 Å². The van der Waals surface area contributed by atoms with Crippen molar-refractivity contribution in [1.82, 2.24) is 4.90 Å². The second-order valence-corrected chi connectivity index (χ2v) is 3.97. The predicted octanol–water partition coefficient (Wildman–Crippen LogP) is 2.16. The number of carbonyl (C=O) groups is 1. The van der Waals surface area contributed by atoms with Crippen molar-refractivity contribution in [3.63, 3.8) is 0 Å². The minimum atomic E-state index is 0.00315. The Balaban J connectivity index is 2.61. The lowest BCUT2D eigenvalue weighted by Gasteiger charge is -2.15. The molecule has 0 radical (unpaired) electrons. The molecule has 0 aliphatic rings. The largest absolute Gasteiger partial charge is 0.483 e. The van der Waals surface area contributed by atoms with Gasteiger partial charge in [0.15, 0.2) is 6.61 Å². The summed E-state index contributed by atoms with van der Waals surface area (Å²) in [6.07, 6.45) is 0. The lowest BCUT2D eigenvalue weighted by Crippen LogP contribution is -2.31. The van der Waals surface area contributed by atoms with E-state index in [0.29, 0.717) is 6.54 Å². The maximum Gasteiger partial charge on any atom is 0.260 e. The van der Waals surface area contributed by atoms with Crippen LogP contribution in [-0.4, -0.2) is 31.0 Å². The molecular formula is C13H19NO2. The lowest BCUT2D eigenvalue weighted by atomic mass is 10.1. The summed E-state index contributed by atoms with van der Waals surface area (Å²) in [5.41, 5.74) is 2.19. The van der Waals surface area contributed by atoms with Crippen LogP contribution in [0.3, 0.4) is 0 Å². The van der Waals surface area contributed by atoms with E-state index in [-0.39, 0.29) is 12.5 Å². The Kier molecular flexibility index (Phi) is 4.35. The molecule has 1 rings (SSSR count). The van der Waals surface area contributed by atoms with Crippen molar-refractivity contribution in [3.05, 3.63) is 29.3 Å². The van der Waals surface area contributed by atoms with Crippen LogP contribution >= 0.6 is 0 Å². The maximum absolute atomic E-state index is 11.5. The maximum atomic E-state index is 11.5. The minimum Gasteiger partial charge on any atom is -0.483 e. The van der Waals surface area contributed by atoms with Crippen LogP contribution in [0.25, 0.3) is 0 Å².